The molecular formula is C20H23NO5. The average molecular weight is 357 g/mol. The molecule has 6 nitrogen and oxygen atoms in total. The Morgan fingerprint density at radius 2 is 1.46 bits per heavy atom. The number of carbonyl (C=O) groups is 2. The van der Waals surface area contributed by atoms with Crippen LogP contribution in [0.15, 0.2) is 48.5 Å². The van der Waals surface area contributed by atoms with Crippen molar-refractivity contribution >= 4 is 17.6 Å². The first-order valence-electron chi connectivity index (χ1n) is 8.50. The minimum absolute atomic E-state index is 0.248. The number of aryl methyl sites for hydroxylation is 1. The van der Waals surface area contributed by atoms with E-state index in [0.29, 0.717) is 18.0 Å². The second-order valence-electron chi connectivity index (χ2n) is 5.45. The van der Waals surface area contributed by atoms with Crippen molar-refractivity contribution in [3.8, 4) is 11.5 Å². The summed E-state index contributed by atoms with van der Waals surface area (Å²) in [6, 6.07) is 14.4. The summed E-state index contributed by atoms with van der Waals surface area (Å²) in [5.41, 5.74) is 1.78. The van der Waals surface area contributed by atoms with E-state index in [1.54, 1.807) is 36.4 Å². The SMILES string of the molecule is CCOc1ccc(NC(=O)COC(=O)COc2ccc(CC)cc2)cc1. The number of amides is 1. The van der Waals surface area contributed by atoms with E-state index >= 15 is 0 Å². The second-order valence-corrected chi connectivity index (χ2v) is 5.45. The number of carbonyl (C=O) groups excluding carboxylic acids is 2. The van der Waals surface area contributed by atoms with Crippen LogP contribution in [-0.2, 0) is 20.7 Å². The van der Waals surface area contributed by atoms with Crippen LogP contribution >= 0.6 is 0 Å². The zero-order valence-corrected chi connectivity index (χ0v) is 15.0. The first-order chi connectivity index (χ1) is 12.6. The Morgan fingerprint density at radius 3 is 2.08 bits per heavy atom. The molecule has 6 heteroatoms. The van der Waals surface area contributed by atoms with Gasteiger partial charge in [-0.1, -0.05) is 19.1 Å². The van der Waals surface area contributed by atoms with Crippen molar-refractivity contribution in [1.82, 2.24) is 0 Å². The molecule has 0 fully saturated rings. The topological polar surface area (TPSA) is 73.9 Å². The molecule has 138 valence electrons. The van der Waals surface area contributed by atoms with E-state index in [0.717, 1.165) is 12.2 Å². The van der Waals surface area contributed by atoms with Gasteiger partial charge in [0.15, 0.2) is 13.2 Å². The molecule has 2 aromatic carbocycles. The van der Waals surface area contributed by atoms with Crippen molar-refractivity contribution in [2.45, 2.75) is 20.3 Å². The van der Waals surface area contributed by atoms with Gasteiger partial charge in [-0.2, -0.15) is 0 Å². The average Bonchev–Trinajstić information content (AvgIpc) is 2.67. The Labute approximate surface area is 153 Å². The van der Waals surface area contributed by atoms with Crippen LogP contribution in [0.3, 0.4) is 0 Å². The predicted octanol–water partition coefficient (Wildman–Crippen LogP) is 3.21. The van der Waals surface area contributed by atoms with Gasteiger partial charge in [0.1, 0.15) is 11.5 Å². The van der Waals surface area contributed by atoms with Gasteiger partial charge in [-0.25, -0.2) is 4.79 Å². The van der Waals surface area contributed by atoms with Crippen LogP contribution in [-0.4, -0.2) is 31.7 Å². The van der Waals surface area contributed by atoms with Crippen molar-refractivity contribution in [2.75, 3.05) is 25.1 Å². The van der Waals surface area contributed by atoms with Gasteiger partial charge in [-0.3, -0.25) is 4.79 Å². The molecule has 0 aliphatic heterocycles. The number of nitrogens with one attached hydrogen (secondary N) is 1. The van der Waals surface area contributed by atoms with Crippen molar-refractivity contribution in [3.05, 3.63) is 54.1 Å². The van der Waals surface area contributed by atoms with E-state index in [4.69, 9.17) is 14.2 Å². The molecule has 2 aromatic rings. The smallest absolute Gasteiger partial charge is 0.344 e. The molecule has 0 saturated carbocycles. The van der Waals surface area contributed by atoms with Crippen LogP contribution in [0.2, 0.25) is 0 Å². The highest BCUT2D eigenvalue weighted by molar-refractivity contribution is 5.92. The summed E-state index contributed by atoms with van der Waals surface area (Å²) in [6.07, 6.45) is 0.936. The fourth-order valence-electron chi connectivity index (χ4n) is 2.15. The monoisotopic (exact) mass is 357 g/mol. The van der Waals surface area contributed by atoms with Gasteiger partial charge in [0.25, 0.3) is 5.91 Å². The van der Waals surface area contributed by atoms with Gasteiger partial charge in [0.2, 0.25) is 0 Å². The van der Waals surface area contributed by atoms with E-state index in [9.17, 15) is 9.59 Å². The number of hydrogen-bond acceptors (Lipinski definition) is 5. The van der Waals surface area contributed by atoms with E-state index in [2.05, 4.69) is 12.2 Å². The van der Waals surface area contributed by atoms with Crippen molar-refractivity contribution < 1.29 is 23.8 Å². The third-order valence-corrected chi connectivity index (χ3v) is 3.50. The maximum atomic E-state index is 11.8. The van der Waals surface area contributed by atoms with Gasteiger partial charge in [-0.15, -0.1) is 0 Å². The minimum atomic E-state index is -0.605. The number of anilines is 1. The van der Waals surface area contributed by atoms with Crippen LogP contribution in [0.5, 0.6) is 11.5 Å². The largest absolute Gasteiger partial charge is 0.494 e. The molecule has 0 aromatic heterocycles. The molecule has 0 spiro atoms. The summed E-state index contributed by atoms with van der Waals surface area (Å²) in [6.45, 7) is 3.91. The summed E-state index contributed by atoms with van der Waals surface area (Å²) in [5, 5.41) is 2.64. The summed E-state index contributed by atoms with van der Waals surface area (Å²) in [4.78, 5) is 23.5. The van der Waals surface area contributed by atoms with Crippen molar-refractivity contribution in [1.29, 1.82) is 0 Å². The van der Waals surface area contributed by atoms with E-state index in [1.165, 1.54) is 5.56 Å². The fraction of sp³-hybridized carbons (Fsp3) is 0.300. The molecule has 0 radical (unpaired) electrons. The Morgan fingerprint density at radius 1 is 0.846 bits per heavy atom. The summed E-state index contributed by atoms with van der Waals surface area (Å²) < 4.78 is 15.6. The second kappa shape index (κ2) is 10.1. The molecule has 1 N–H and O–H groups in total. The lowest BCUT2D eigenvalue weighted by atomic mass is 10.2. The summed E-state index contributed by atoms with van der Waals surface area (Å²) >= 11 is 0. The summed E-state index contributed by atoms with van der Waals surface area (Å²) in [7, 11) is 0. The fourth-order valence-corrected chi connectivity index (χ4v) is 2.15. The van der Waals surface area contributed by atoms with Crippen LogP contribution in [0, 0.1) is 0 Å². The molecule has 0 aliphatic carbocycles. The number of hydrogen-bond donors (Lipinski definition) is 1. The first kappa shape index (κ1) is 19.3. The standard InChI is InChI=1S/C20H23NO5/c1-3-15-5-9-18(10-6-15)25-14-20(23)26-13-19(22)21-16-7-11-17(12-8-16)24-4-2/h5-12H,3-4,13-14H2,1-2H3,(H,21,22). The highest BCUT2D eigenvalue weighted by Gasteiger charge is 2.09. The van der Waals surface area contributed by atoms with Crippen LogP contribution < -0.4 is 14.8 Å². The summed E-state index contributed by atoms with van der Waals surface area (Å²) in [5.74, 6) is 0.278. The first-order valence-corrected chi connectivity index (χ1v) is 8.50. The number of benzene rings is 2. The molecular weight excluding hydrogens is 334 g/mol. The number of rotatable bonds is 9. The van der Waals surface area contributed by atoms with Crippen molar-refractivity contribution in [3.63, 3.8) is 0 Å². The molecule has 2 rings (SSSR count). The molecule has 1 amide bonds. The van der Waals surface area contributed by atoms with Crippen LogP contribution in [0.25, 0.3) is 0 Å². The molecule has 0 atom stereocenters. The highest BCUT2D eigenvalue weighted by atomic mass is 16.6. The minimum Gasteiger partial charge on any atom is -0.494 e. The maximum Gasteiger partial charge on any atom is 0.344 e. The Hall–Kier alpha value is -3.02. The predicted molar refractivity (Wildman–Crippen MR) is 98.5 cm³/mol. The lowest BCUT2D eigenvalue weighted by Gasteiger charge is -2.09. The molecule has 0 bridgehead atoms. The van der Waals surface area contributed by atoms with Gasteiger partial charge in [0.05, 0.1) is 6.61 Å². The van der Waals surface area contributed by atoms with Gasteiger partial charge >= 0.3 is 5.97 Å². The van der Waals surface area contributed by atoms with Gasteiger partial charge < -0.3 is 19.5 Å². The zero-order valence-electron chi connectivity index (χ0n) is 15.0. The molecule has 0 aliphatic rings. The Kier molecular flexibility index (Phi) is 7.49. The third kappa shape index (κ3) is 6.47. The van der Waals surface area contributed by atoms with Gasteiger partial charge in [0, 0.05) is 5.69 Å². The lowest BCUT2D eigenvalue weighted by Crippen LogP contribution is -2.23. The number of esters is 1. The molecule has 0 unspecified atom stereocenters. The van der Waals surface area contributed by atoms with Crippen molar-refractivity contribution in [2.24, 2.45) is 0 Å². The molecule has 26 heavy (non-hydrogen) atoms. The van der Waals surface area contributed by atoms with Gasteiger partial charge in [-0.05, 0) is 55.3 Å². The number of ether oxygens (including phenoxy) is 3. The third-order valence-electron chi connectivity index (χ3n) is 3.50. The lowest BCUT2D eigenvalue weighted by molar-refractivity contribution is -0.149. The molecule has 0 heterocycles. The Balaban J connectivity index is 1.69. The Bertz CT molecular complexity index is 710. The highest BCUT2D eigenvalue weighted by Crippen LogP contribution is 2.15. The van der Waals surface area contributed by atoms with E-state index in [1.807, 2.05) is 19.1 Å². The maximum absolute atomic E-state index is 11.8. The van der Waals surface area contributed by atoms with Crippen LogP contribution in [0.1, 0.15) is 19.4 Å². The van der Waals surface area contributed by atoms with Crippen LogP contribution in [0.4, 0.5) is 5.69 Å². The zero-order chi connectivity index (χ0) is 18.8. The van der Waals surface area contributed by atoms with E-state index < -0.39 is 11.9 Å². The quantitative estimate of drug-likeness (QED) is 0.698. The van der Waals surface area contributed by atoms with E-state index in [-0.39, 0.29) is 13.2 Å². The molecule has 0 saturated heterocycles. The normalized spacial score (nSPS) is 10.1.